The van der Waals surface area contributed by atoms with Gasteiger partial charge in [-0.25, -0.2) is 9.38 Å². The summed E-state index contributed by atoms with van der Waals surface area (Å²) >= 11 is 1.66. The zero-order valence-electron chi connectivity index (χ0n) is 17.0. The second kappa shape index (κ2) is 13.5. The van der Waals surface area contributed by atoms with E-state index in [0.29, 0.717) is 31.4 Å². The highest BCUT2D eigenvalue weighted by Crippen LogP contribution is 2.27. The molecule has 29 heavy (non-hydrogen) atoms. The molecule has 0 spiro atoms. The van der Waals surface area contributed by atoms with Crippen molar-refractivity contribution in [2.24, 2.45) is 4.99 Å². The lowest BCUT2D eigenvalue weighted by molar-refractivity contribution is 0.318. The van der Waals surface area contributed by atoms with Gasteiger partial charge in [-0.1, -0.05) is 12.1 Å². The number of halogens is 2. The Morgan fingerprint density at radius 3 is 2.62 bits per heavy atom. The van der Waals surface area contributed by atoms with Crippen molar-refractivity contribution in [1.82, 2.24) is 10.6 Å². The first-order valence-electron chi connectivity index (χ1n) is 9.30. The Hall–Kier alpha value is -1.68. The van der Waals surface area contributed by atoms with Crippen LogP contribution in [0.25, 0.3) is 0 Å². The van der Waals surface area contributed by atoms with E-state index in [0.717, 1.165) is 29.0 Å². The molecule has 0 bridgehead atoms. The number of aromatic hydroxyl groups is 1. The molecule has 0 aliphatic heterocycles. The van der Waals surface area contributed by atoms with Crippen molar-refractivity contribution in [1.29, 1.82) is 0 Å². The SMILES string of the molecule is CCNC(=NCc1ccc(O)c(OCC)c1)NCc1ccc(F)cc1CSC.I. The highest BCUT2D eigenvalue weighted by atomic mass is 127. The summed E-state index contributed by atoms with van der Waals surface area (Å²) in [5, 5.41) is 16.3. The number of nitrogens with zero attached hydrogens (tertiary/aromatic N) is 1. The van der Waals surface area contributed by atoms with Gasteiger partial charge in [-0.3, -0.25) is 0 Å². The molecule has 0 aliphatic rings. The molecular weight excluding hydrogens is 504 g/mol. The van der Waals surface area contributed by atoms with Crippen LogP contribution in [0.2, 0.25) is 0 Å². The molecule has 0 atom stereocenters. The molecule has 3 N–H and O–H groups in total. The topological polar surface area (TPSA) is 65.9 Å². The highest BCUT2D eigenvalue weighted by Gasteiger charge is 2.07. The van der Waals surface area contributed by atoms with Crippen molar-refractivity contribution < 1.29 is 14.2 Å². The van der Waals surface area contributed by atoms with Crippen LogP contribution in [0.5, 0.6) is 11.5 Å². The Labute approximate surface area is 193 Å². The van der Waals surface area contributed by atoms with Crippen LogP contribution in [0.3, 0.4) is 0 Å². The molecule has 2 aromatic carbocycles. The molecule has 8 heteroatoms. The summed E-state index contributed by atoms with van der Waals surface area (Å²) in [5.41, 5.74) is 2.96. The van der Waals surface area contributed by atoms with Gasteiger partial charge in [-0.2, -0.15) is 11.8 Å². The Balaban J connectivity index is 0.00000420. The summed E-state index contributed by atoms with van der Waals surface area (Å²) in [6, 6.07) is 10.1. The zero-order valence-corrected chi connectivity index (χ0v) is 20.1. The molecule has 0 saturated carbocycles. The molecule has 0 amide bonds. The zero-order chi connectivity index (χ0) is 20.4. The van der Waals surface area contributed by atoms with Crippen LogP contribution in [0.4, 0.5) is 4.39 Å². The lowest BCUT2D eigenvalue weighted by atomic mass is 10.1. The van der Waals surface area contributed by atoms with Crippen LogP contribution in [0.1, 0.15) is 30.5 Å². The molecule has 0 fully saturated rings. The van der Waals surface area contributed by atoms with Crippen LogP contribution >= 0.6 is 35.7 Å². The quantitative estimate of drug-likeness (QED) is 0.249. The van der Waals surface area contributed by atoms with Crippen LogP contribution in [0, 0.1) is 5.82 Å². The van der Waals surface area contributed by atoms with E-state index in [1.807, 2.05) is 32.2 Å². The van der Waals surface area contributed by atoms with Crippen LogP contribution < -0.4 is 15.4 Å². The van der Waals surface area contributed by atoms with Gasteiger partial charge in [0.2, 0.25) is 0 Å². The number of hydrogen-bond donors (Lipinski definition) is 3. The third kappa shape index (κ3) is 8.30. The van der Waals surface area contributed by atoms with Gasteiger partial charge >= 0.3 is 0 Å². The van der Waals surface area contributed by atoms with Gasteiger partial charge in [0.15, 0.2) is 17.5 Å². The van der Waals surface area contributed by atoms with Crippen molar-refractivity contribution in [3.63, 3.8) is 0 Å². The summed E-state index contributed by atoms with van der Waals surface area (Å²) in [6.45, 7) is 6.09. The Kier molecular flexibility index (Phi) is 11.8. The summed E-state index contributed by atoms with van der Waals surface area (Å²) in [4.78, 5) is 4.60. The summed E-state index contributed by atoms with van der Waals surface area (Å²) in [5.74, 6) is 1.80. The Morgan fingerprint density at radius 2 is 1.93 bits per heavy atom. The molecule has 0 heterocycles. The smallest absolute Gasteiger partial charge is 0.191 e. The molecular formula is C21H29FIN3O2S. The number of hydrogen-bond acceptors (Lipinski definition) is 4. The van der Waals surface area contributed by atoms with E-state index in [1.165, 1.54) is 6.07 Å². The second-order valence-electron chi connectivity index (χ2n) is 6.13. The van der Waals surface area contributed by atoms with Gasteiger partial charge in [-0.05, 0) is 61.1 Å². The molecule has 0 aliphatic carbocycles. The predicted octanol–water partition coefficient (Wildman–Crippen LogP) is 4.67. The number of aliphatic imine (C=N–C) groups is 1. The van der Waals surface area contributed by atoms with Crippen molar-refractivity contribution in [3.05, 3.63) is 58.9 Å². The van der Waals surface area contributed by atoms with Gasteiger partial charge in [-0.15, -0.1) is 24.0 Å². The fourth-order valence-electron chi connectivity index (χ4n) is 2.68. The monoisotopic (exact) mass is 533 g/mol. The number of phenols is 1. The number of thioether (sulfide) groups is 1. The van der Waals surface area contributed by atoms with E-state index >= 15 is 0 Å². The summed E-state index contributed by atoms with van der Waals surface area (Å²) < 4.78 is 18.9. The van der Waals surface area contributed by atoms with Gasteiger partial charge in [0.1, 0.15) is 5.82 Å². The normalized spacial score (nSPS) is 11.0. The lowest BCUT2D eigenvalue weighted by Crippen LogP contribution is -2.37. The summed E-state index contributed by atoms with van der Waals surface area (Å²) in [7, 11) is 0. The first-order valence-corrected chi connectivity index (χ1v) is 10.7. The summed E-state index contributed by atoms with van der Waals surface area (Å²) in [6.07, 6.45) is 2.00. The van der Waals surface area contributed by atoms with E-state index < -0.39 is 0 Å². The maximum absolute atomic E-state index is 13.5. The van der Waals surface area contributed by atoms with Crippen LogP contribution in [-0.4, -0.2) is 30.5 Å². The number of benzene rings is 2. The lowest BCUT2D eigenvalue weighted by Gasteiger charge is -2.14. The maximum Gasteiger partial charge on any atom is 0.191 e. The third-order valence-electron chi connectivity index (χ3n) is 4.00. The number of rotatable bonds is 9. The van der Waals surface area contributed by atoms with E-state index in [-0.39, 0.29) is 35.5 Å². The molecule has 160 valence electrons. The minimum absolute atomic E-state index is 0. The van der Waals surface area contributed by atoms with Crippen LogP contribution in [-0.2, 0) is 18.8 Å². The molecule has 2 aromatic rings. The average Bonchev–Trinajstić information content (AvgIpc) is 2.68. The van der Waals surface area contributed by atoms with Gasteiger partial charge in [0.05, 0.1) is 13.2 Å². The van der Waals surface area contributed by atoms with Crippen molar-refractivity contribution in [2.75, 3.05) is 19.4 Å². The molecule has 5 nitrogen and oxygen atoms in total. The minimum atomic E-state index is -0.217. The van der Waals surface area contributed by atoms with E-state index in [4.69, 9.17) is 4.74 Å². The van der Waals surface area contributed by atoms with Crippen LogP contribution in [0.15, 0.2) is 41.4 Å². The number of phenolic OH excluding ortho intramolecular Hbond substituents is 1. The fraction of sp³-hybridized carbons (Fsp3) is 0.381. The van der Waals surface area contributed by atoms with E-state index in [2.05, 4.69) is 15.6 Å². The average molecular weight is 533 g/mol. The molecule has 0 unspecified atom stereocenters. The maximum atomic E-state index is 13.5. The molecule has 0 aromatic heterocycles. The highest BCUT2D eigenvalue weighted by molar-refractivity contribution is 14.0. The number of ether oxygens (including phenoxy) is 1. The fourth-order valence-corrected chi connectivity index (χ4v) is 3.26. The molecule has 0 radical (unpaired) electrons. The predicted molar refractivity (Wildman–Crippen MR) is 130 cm³/mol. The minimum Gasteiger partial charge on any atom is -0.504 e. The standard InChI is InChI=1S/C21H28FN3O2S.HI/c1-4-23-21(24-12-15-6-9-19(26)20(10-15)27-5-2)25-13-16-7-8-18(22)11-17(16)14-28-3;/h6-11,26H,4-5,12-14H2,1-3H3,(H2,23,24,25);1H. The van der Waals surface area contributed by atoms with Crippen molar-refractivity contribution in [2.45, 2.75) is 32.7 Å². The molecule has 2 rings (SSSR count). The first kappa shape index (κ1) is 25.4. The number of nitrogens with one attached hydrogen (secondary N) is 2. The van der Waals surface area contributed by atoms with E-state index in [9.17, 15) is 9.50 Å². The third-order valence-corrected chi connectivity index (χ3v) is 4.60. The van der Waals surface area contributed by atoms with Gasteiger partial charge in [0.25, 0.3) is 0 Å². The Morgan fingerprint density at radius 1 is 1.14 bits per heavy atom. The first-order chi connectivity index (χ1) is 13.6. The molecule has 0 saturated heterocycles. The number of guanidine groups is 1. The Bertz CT molecular complexity index is 805. The largest absolute Gasteiger partial charge is 0.504 e. The van der Waals surface area contributed by atoms with Gasteiger partial charge in [0, 0.05) is 18.8 Å². The van der Waals surface area contributed by atoms with Crippen molar-refractivity contribution in [3.8, 4) is 11.5 Å². The second-order valence-corrected chi connectivity index (χ2v) is 7.00. The van der Waals surface area contributed by atoms with Gasteiger partial charge < -0.3 is 20.5 Å². The van der Waals surface area contributed by atoms with E-state index in [1.54, 1.807) is 30.0 Å². The van der Waals surface area contributed by atoms with Crippen molar-refractivity contribution >= 4 is 41.7 Å².